The summed E-state index contributed by atoms with van der Waals surface area (Å²) in [5.41, 5.74) is -0.290. The van der Waals surface area contributed by atoms with Crippen molar-refractivity contribution in [3.8, 4) is 0 Å². The largest absolute Gasteiger partial charge is 0.394 e. The number of nitrogens with zero attached hydrogens (tertiary/aromatic N) is 1. The summed E-state index contributed by atoms with van der Waals surface area (Å²) in [6.07, 6.45) is 1.50. The minimum absolute atomic E-state index is 0.0861. The predicted molar refractivity (Wildman–Crippen MR) is 85.6 cm³/mol. The van der Waals surface area contributed by atoms with Gasteiger partial charge in [-0.15, -0.1) is 0 Å². The molecule has 0 radical (unpaired) electrons. The fourth-order valence-electron chi connectivity index (χ4n) is 2.53. The molecular weight excluding hydrogens is 299 g/mol. The zero-order valence-corrected chi connectivity index (χ0v) is 13.7. The summed E-state index contributed by atoms with van der Waals surface area (Å²) in [7, 11) is 0. The lowest BCUT2D eigenvalue weighted by Crippen LogP contribution is -2.38. The Hall–Kier alpha value is -1.95. The van der Waals surface area contributed by atoms with Gasteiger partial charge in [-0.05, 0) is 31.0 Å². The van der Waals surface area contributed by atoms with E-state index in [4.69, 9.17) is 0 Å². The smallest absolute Gasteiger partial charge is 0.257 e. The minimum atomic E-state index is -0.632. The van der Waals surface area contributed by atoms with Crippen molar-refractivity contribution in [2.75, 3.05) is 18.5 Å². The van der Waals surface area contributed by atoms with Gasteiger partial charge in [-0.25, -0.2) is 4.39 Å². The standard InChI is InChI=1S/C17H23FN2O3/c1-17(2,3)16(23)19-11-6-7-14(18)13(9-11)15(22)20-8-4-5-12(20)10-21/h6-7,9,12,21H,4-5,8,10H2,1-3H3,(H,19,23)/t12-/m1/s1. The fourth-order valence-corrected chi connectivity index (χ4v) is 2.53. The number of halogens is 1. The van der Waals surface area contributed by atoms with Gasteiger partial charge in [-0.3, -0.25) is 9.59 Å². The number of aliphatic hydroxyl groups excluding tert-OH is 1. The number of benzene rings is 1. The van der Waals surface area contributed by atoms with Crippen LogP contribution in [0.15, 0.2) is 18.2 Å². The number of carbonyl (C=O) groups is 2. The molecule has 1 atom stereocenters. The number of amides is 2. The van der Waals surface area contributed by atoms with Crippen LogP contribution in [0.5, 0.6) is 0 Å². The van der Waals surface area contributed by atoms with Crippen LogP contribution < -0.4 is 5.32 Å². The van der Waals surface area contributed by atoms with Crippen molar-refractivity contribution in [1.29, 1.82) is 0 Å². The summed E-state index contributed by atoms with van der Waals surface area (Å²) < 4.78 is 14.1. The molecule has 6 heteroatoms. The quantitative estimate of drug-likeness (QED) is 0.898. The van der Waals surface area contributed by atoms with Crippen LogP contribution in [-0.4, -0.2) is 41.0 Å². The van der Waals surface area contributed by atoms with Gasteiger partial charge in [0.2, 0.25) is 5.91 Å². The van der Waals surface area contributed by atoms with Gasteiger partial charge in [0.25, 0.3) is 5.91 Å². The fraction of sp³-hybridized carbons (Fsp3) is 0.529. The zero-order valence-electron chi connectivity index (χ0n) is 13.7. The zero-order chi connectivity index (χ0) is 17.2. The summed E-state index contributed by atoms with van der Waals surface area (Å²) in [6, 6.07) is 3.70. The van der Waals surface area contributed by atoms with E-state index in [-0.39, 0.29) is 24.1 Å². The highest BCUT2D eigenvalue weighted by Gasteiger charge is 2.30. The SMILES string of the molecule is CC(C)(C)C(=O)Nc1ccc(F)c(C(=O)N2CCC[C@@H]2CO)c1. The van der Waals surface area contributed by atoms with Gasteiger partial charge in [0, 0.05) is 17.6 Å². The Labute approximate surface area is 135 Å². The molecule has 1 heterocycles. The molecule has 2 N–H and O–H groups in total. The van der Waals surface area contributed by atoms with E-state index in [2.05, 4.69) is 5.32 Å². The van der Waals surface area contributed by atoms with E-state index in [1.807, 2.05) is 0 Å². The van der Waals surface area contributed by atoms with E-state index in [1.54, 1.807) is 20.8 Å². The number of anilines is 1. The van der Waals surface area contributed by atoms with Gasteiger partial charge in [0.15, 0.2) is 0 Å². The van der Waals surface area contributed by atoms with Gasteiger partial charge >= 0.3 is 0 Å². The highest BCUT2D eigenvalue weighted by molar-refractivity contribution is 5.98. The van der Waals surface area contributed by atoms with Gasteiger partial charge in [-0.2, -0.15) is 0 Å². The van der Waals surface area contributed by atoms with E-state index in [1.165, 1.54) is 23.1 Å². The van der Waals surface area contributed by atoms with E-state index in [9.17, 15) is 19.1 Å². The number of rotatable bonds is 3. The Morgan fingerprint density at radius 3 is 2.70 bits per heavy atom. The number of aliphatic hydroxyl groups is 1. The third-order valence-electron chi connectivity index (χ3n) is 3.98. The van der Waals surface area contributed by atoms with Gasteiger partial charge in [-0.1, -0.05) is 20.8 Å². The molecule has 0 spiro atoms. The van der Waals surface area contributed by atoms with Crippen molar-refractivity contribution in [1.82, 2.24) is 4.90 Å². The number of carbonyl (C=O) groups excluding carboxylic acids is 2. The molecule has 0 aliphatic carbocycles. The van der Waals surface area contributed by atoms with E-state index >= 15 is 0 Å². The predicted octanol–water partition coefficient (Wildman–Crippen LogP) is 2.41. The van der Waals surface area contributed by atoms with Gasteiger partial charge in [0.05, 0.1) is 18.2 Å². The minimum Gasteiger partial charge on any atom is -0.394 e. The molecule has 1 fully saturated rings. The average molecular weight is 322 g/mol. The Balaban J connectivity index is 2.24. The van der Waals surface area contributed by atoms with E-state index in [0.717, 1.165) is 6.42 Å². The average Bonchev–Trinajstić information content (AvgIpc) is 2.96. The summed E-state index contributed by atoms with van der Waals surface area (Å²) >= 11 is 0. The Morgan fingerprint density at radius 1 is 1.39 bits per heavy atom. The molecule has 0 saturated carbocycles. The van der Waals surface area contributed by atoms with Crippen LogP contribution in [0, 0.1) is 11.2 Å². The molecule has 0 unspecified atom stereocenters. The van der Waals surface area contributed by atoms with Crippen LogP contribution in [0.4, 0.5) is 10.1 Å². The molecular formula is C17H23FN2O3. The Kier molecular flexibility index (Phi) is 5.04. The lowest BCUT2D eigenvalue weighted by Gasteiger charge is -2.24. The molecule has 23 heavy (non-hydrogen) atoms. The summed E-state index contributed by atoms with van der Waals surface area (Å²) in [5, 5.41) is 12.0. The molecule has 1 saturated heterocycles. The van der Waals surface area contributed by atoms with Gasteiger partial charge < -0.3 is 15.3 Å². The van der Waals surface area contributed by atoms with E-state index in [0.29, 0.717) is 18.7 Å². The third-order valence-corrected chi connectivity index (χ3v) is 3.98. The first-order valence-corrected chi connectivity index (χ1v) is 7.77. The molecule has 126 valence electrons. The van der Waals surface area contributed by atoms with Crippen LogP contribution >= 0.6 is 0 Å². The summed E-state index contributed by atoms with van der Waals surface area (Å²) in [5.74, 6) is -1.30. The van der Waals surface area contributed by atoms with Crippen LogP contribution in [0.3, 0.4) is 0 Å². The van der Waals surface area contributed by atoms with E-state index < -0.39 is 17.1 Å². The van der Waals surface area contributed by atoms with Crippen molar-refractivity contribution in [2.45, 2.75) is 39.7 Å². The molecule has 0 bridgehead atoms. The normalized spacial score (nSPS) is 18.1. The molecule has 0 aromatic heterocycles. The number of hydrogen-bond acceptors (Lipinski definition) is 3. The molecule has 2 rings (SSSR count). The highest BCUT2D eigenvalue weighted by atomic mass is 19.1. The molecule has 1 aliphatic rings. The maximum atomic E-state index is 14.1. The molecule has 1 aromatic carbocycles. The second-order valence-electron chi connectivity index (χ2n) is 6.88. The van der Waals surface area contributed by atoms with Gasteiger partial charge in [0.1, 0.15) is 5.82 Å². The topological polar surface area (TPSA) is 69.6 Å². The van der Waals surface area contributed by atoms with Crippen LogP contribution in [0.25, 0.3) is 0 Å². The van der Waals surface area contributed by atoms with Crippen molar-refractivity contribution in [3.63, 3.8) is 0 Å². The van der Waals surface area contributed by atoms with Crippen molar-refractivity contribution in [2.24, 2.45) is 5.41 Å². The first-order valence-electron chi connectivity index (χ1n) is 7.77. The molecule has 2 amide bonds. The van der Waals surface area contributed by atoms with Crippen LogP contribution in [0.1, 0.15) is 44.0 Å². The number of nitrogens with one attached hydrogen (secondary N) is 1. The number of hydrogen-bond donors (Lipinski definition) is 2. The molecule has 1 aromatic rings. The van der Waals surface area contributed by atoms with Crippen molar-refractivity contribution >= 4 is 17.5 Å². The highest BCUT2D eigenvalue weighted by Crippen LogP contribution is 2.24. The van der Waals surface area contributed by atoms with Crippen LogP contribution in [-0.2, 0) is 4.79 Å². The monoisotopic (exact) mass is 322 g/mol. The summed E-state index contributed by atoms with van der Waals surface area (Å²) in [4.78, 5) is 26.0. The first-order chi connectivity index (χ1) is 10.7. The Bertz CT molecular complexity index is 610. The third kappa shape index (κ3) is 3.88. The second-order valence-corrected chi connectivity index (χ2v) is 6.88. The molecule has 1 aliphatic heterocycles. The van der Waals surface area contributed by atoms with Crippen molar-refractivity contribution < 1.29 is 19.1 Å². The van der Waals surface area contributed by atoms with Crippen molar-refractivity contribution in [3.05, 3.63) is 29.6 Å². The maximum absolute atomic E-state index is 14.1. The first kappa shape index (κ1) is 17.4. The number of likely N-dealkylation sites (tertiary alicyclic amines) is 1. The summed E-state index contributed by atoms with van der Waals surface area (Å²) in [6.45, 7) is 5.69. The Morgan fingerprint density at radius 2 is 2.09 bits per heavy atom. The maximum Gasteiger partial charge on any atom is 0.257 e. The lowest BCUT2D eigenvalue weighted by molar-refractivity contribution is -0.123. The molecule has 5 nitrogen and oxygen atoms in total. The lowest BCUT2D eigenvalue weighted by atomic mass is 9.95. The van der Waals surface area contributed by atoms with Crippen LogP contribution in [0.2, 0.25) is 0 Å². The second kappa shape index (κ2) is 6.66.